The molecule has 1 rings (SSSR count). The molecule has 0 aliphatic carbocycles. The Labute approximate surface area is 82.5 Å². The molecule has 0 unspecified atom stereocenters. The summed E-state index contributed by atoms with van der Waals surface area (Å²) in [5.74, 6) is -0.240. The Morgan fingerprint density at radius 1 is 1.43 bits per heavy atom. The third-order valence-corrected chi connectivity index (χ3v) is 3.23. The van der Waals surface area contributed by atoms with E-state index < -0.39 is 16.3 Å². The van der Waals surface area contributed by atoms with Gasteiger partial charge in [0.1, 0.15) is 12.1 Å². The molecule has 0 radical (unpaired) electrons. The number of ether oxygens (including phenoxy) is 2. The fourth-order valence-corrected chi connectivity index (χ4v) is 2.13. The summed E-state index contributed by atoms with van der Waals surface area (Å²) in [5, 5.41) is 0. The first-order valence-corrected chi connectivity index (χ1v) is 5.48. The largest absolute Gasteiger partial charge is 0.355 e. The van der Waals surface area contributed by atoms with Gasteiger partial charge in [-0.3, -0.25) is 0 Å². The van der Waals surface area contributed by atoms with Gasteiger partial charge in [0.05, 0.1) is 0 Å². The SMILES string of the molecule is COC(CS(=O)(=O)n1ccnc1)OC. The molecular formula is C7H12N2O4S. The normalized spacial score (nSPS) is 12.2. The van der Waals surface area contributed by atoms with Crippen molar-refractivity contribution in [2.24, 2.45) is 0 Å². The number of hydrogen-bond donors (Lipinski definition) is 0. The van der Waals surface area contributed by atoms with Gasteiger partial charge in [0, 0.05) is 26.6 Å². The molecule has 0 aliphatic rings. The maximum absolute atomic E-state index is 11.6. The highest BCUT2D eigenvalue weighted by Crippen LogP contribution is 2.02. The van der Waals surface area contributed by atoms with E-state index in [0.717, 1.165) is 3.97 Å². The maximum Gasteiger partial charge on any atom is 0.244 e. The minimum absolute atomic E-state index is 0.240. The van der Waals surface area contributed by atoms with E-state index in [4.69, 9.17) is 9.47 Å². The molecule has 0 atom stereocenters. The lowest BCUT2D eigenvalue weighted by Crippen LogP contribution is -2.28. The van der Waals surface area contributed by atoms with Crippen molar-refractivity contribution < 1.29 is 17.9 Å². The number of nitrogens with zero attached hydrogens (tertiary/aromatic N) is 2. The van der Waals surface area contributed by atoms with Crippen LogP contribution in [0.15, 0.2) is 18.7 Å². The molecule has 0 aromatic carbocycles. The van der Waals surface area contributed by atoms with Crippen LogP contribution in [0, 0.1) is 0 Å². The zero-order valence-corrected chi connectivity index (χ0v) is 8.77. The summed E-state index contributed by atoms with van der Waals surface area (Å²) < 4.78 is 33.8. The lowest BCUT2D eigenvalue weighted by molar-refractivity contribution is -0.0852. The number of aromatic nitrogens is 2. The number of methoxy groups -OCH3 is 2. The summed E-state index contributed by atoms with van der Waals surface area (Å²) in [6.07, 6.45) is 3.21. The van der Waals surface area contributed by atoms with Crippen LogP contribution in [0.1, 0.15) is 0 Å². The maximum atomic E-state index is 11.6. The quantitative estimate of drug-likeness (QED) is 0.636. The zero-order chi connectivity index (χ0) is 10.6. The van der Waals surface area contributed by atoms with Crippen molar-refractivity contribution in [2.45, 2.75) is 6.29 Å². The fraction of sp³-hybridized carbons (Fsp3) is 0.571. The molecule has 0 saturated heterocycles. The zero-order valence-electron chi connectivity index (χ0n) is 7.95. The van der Waals surface area contributed by atoms with Crippen molar-refractivity contribution in [1.82, 2.24) is 8.96 Å². The van der Waals surface area contributed by atoms with Crippen molar-refractivity contribution in [3.63, 3.8) is 0 Å². The molecule has 0 bridgehead atoms. The first kappa shape index (κ1) is 11.2. The smallest absolute Gasteiger partial charge is 0.244 e. The summed E-state index contributed by atoms with van der Waals surface area (Å²) in [5.41, 5.74) is 0. The Morgan fingerprint density at radius 3 is 2.50 bits per heavy atom. The standard InChI is InChI=1S/C7H12N2O4S/c1-12-7(13-2)5-14(10,11)9-4-3-8-6-9/h3-4,6-7H,5H2,1-2H3. The Kier molecular flexibility index (Phi) is 3.62. The molecule has 0 aliphatic heterocycles. The van der Waals surface area contributed by atoms with Gasteiger partial charge in [0.15, 0.2) is 6.29 Å². The second-order valence-corrected chi connectivity index (χ2v) is 4.49. The third-order valence-electron chi connectivity index (χ3n) is 1.67. The molecule has 0 fully saturated rings. The summed E-state index contributed by atoms with van der Waals surface area (Å²) in [7, 11) is -0.663. The van der Waals surface area contributed by atoms with Crippen molar-refractivity contribution in [3.8, 4) is 0 Å². The molecular weight excluding hydrogens is 208 g/mol. The van der Waals surface area contributed by atoms with Crippen molar-refractivity contribution in [3.05, 3.63) is 18.7 Å². The van der Waals surface area contributed by atoms with Crippen LogP contribution >= 0.6 is 0 Å². The Morgan fingerprint density at radius 2 is 2.07 bits per heavy atom. The Balaban J connectivity index is 2.77. The highest BCUT2D eigenvalue weighted by atomic mass is 32.2. The van der Waals surface area contributed by atoms with Gasteiger partial charge >= 0.3 is 0 Å². The highest BCUT2D eigenvalue weighted by Gasteiger charge is 2.19. The predicted octanol–water partition coefficient (Wildman–Crippen LogP) is -0.320. The van der Waals surface area contributed by atoms with Crippen molar-refractivity contribution in [1.29, 1.82) is 0 Å². The summed E-state index contributed by atoms with van der Waals surface area (Å²) in [4.78, 5) is 3.65. The highest BCUT2D eigenvalue weighted by molar-refractivity contribution is 7.89. The van der Waals surface area contributed by atoms with Crippen LogP contribution in [0.2, 0.25) is 0 Å². The van der Waals surface area contributed by atoms with E-state index in [0.29, 0.717) is 0 Å². The van der Waals surface area contributed by atoms with Crippen LogP contribution in [-0.4, -0.2) is 43.6 Å². The van der Waals surface area contributed by atoms with Crippen LogP contribution < -0.4 is 0 Å². The van der Waals surface area contributed by atoms with Crippen molar-refractivity contribution >= 4 is 10.0 Å². The van der Waals surface area contributed by atoms with Crippen LogP contribution in [0.4, 0.5) is 0 Å². The Bertz CT molecular complexity index is 355. The second kappa shape index (κ2) is 4.54. The topological polar surface area (TPSA) is 70.4 Å². The first-order valence-electron chi connectivity index (χ1n) is 3.87. The van der Waals surface area contributed by atoms with E-state index in [9.17, 15) is 8.42 Å². The van der Waals surface area contributed by atoms with Crippen LogP contribution in [0.25, 0.3) is 0 Å². The Hall–Kier alpha value is -0.920. The third kappa shape index (κ3) is 2.53. The van der Waals surface area contributed by atoms with Gasteiger partial charge in [-0.1, -0.05) is 0 Å². The number of rotatable bonds is 5. The summed E-state index contributed by atoms with van der Waals surface area (Å²) in [6, 6.07) is 0. The second-order valence-electron chi connectivity index (χ2n) is 2.57. The summed E-state index contributed by atoms with van der Waals surface area (Å²) in [6.45, 7) is 0. The van der Waals surface area contributed by atoms with Gasteiger partial charge in [0.2, 0.25) is 10.0 Å². The molecule has 14 heavy (non-hydrogen) atoms. The lowest BCUT2D eigenvalue weighted by atomic mass is 10.7. The molecule has 0 saturated carbocycles. The van der Waals surface area contributed by atoms with Gasteiger partial charge in [-0.15, -0.1) is 0 Å². The van der Waals surface area contributed by atoms with E-state index in [1.54, 1.807) is 0 Å². The monoisotopic (exact) mass is 220 g/mol. The van der Waals surface area contributed by atoms with Gasteiger partial charge in [0.25, 0.3) is 0 Å². The number of hydrogen-bond acceptors (Lipinski definition) is 5. The van der Waals surface area contributed by atoms with E-state index >= 15 is 0 Å². The van der Waals surface area contributed by atoms with E-state index in [-0.39, 0.29) is 5.75 Å². The molecule has 0 spiro atoms. The molecule has 0 N–H and O–H groups in total. The summed E-state index contributed by atoms with van der Waals surface area (Å²) >= 11 is 0. The lowest BCUT2D eigenvalue weighted by Gasteiger charge is -2.13. The minimum atomic E-state index is -3.44. The minimum Gasteiger partial charge on any atom is -0.355 e. The van der Waals surface area contributed by atoms with Crippen LogP contribution in [0.5, 0.6) is 0 Å². The van der Waals surface area contributed by atoms with Gasteiger partial charge < -0.3 is 9.47 Å². The van der Waals surface area contributed by atoms with E-state index in [1.165, 1.54) is 32.9 Å². The molecule has 1 aromatic rings. The predicted molar refractivity (Wildman–Crippen MR) is 49.2 cm³/mol. The van der Waals surface area contributed by atoms with Crippen LogP contribution in [-0.2, 0) is 19.5 Å². The van der Waals surface area contributed by atoms with Gasteiger partial charge in [-0.2, -0.15) is 0 Å². The van der Waals surface area contributed by atoms with Crippen molar-refractivity contribution in [2.75, 3.05) is 20.0 Å². The van der Waals surface area contributed by atoms with E-state index in [1.807, 2.05) is 0 Å². The molecule has 80 valence electrons. The first-order chi connectivity index (χ1) is 6.60. The molecule has 6 nitrogen and oxygen atoms in total. The molecule has 0 amide bonds. The van der Waals surface area contributed by atoms with Gasteiger partial charge in [-0.05, 0) is 0 Å². The average molecular weight is 220 g/mol. The van der Waals surface area contributed by atoms with Gasteiger partial charge in [-0.25, -0.2) is 17.4 Å². The molecule has 7 heteroatoms. The molecule has 1 heterocycles. The fourth-order valence-electron chi connectivity index (χ4n) is 0.902. The average Bonchev–Trinajstić information content (AvgIpc) is 2.67. The van der Waals surface area contributed by atoms with E-state index in [2.05, 4.69) is 4.98 Å². The van der Waals surface area contributed by atoms with Crippen LogP contribution in [0.3, 0.4) is 0 Å². The molecule has 1 aromatic heterocycles. The number of imidazole rings is 1.